The molecule has 0 spiro atoms. The van der Waals surface area contributed by atoms with E-state index in [9.17, 15) is 13.5 Å². The normalized spacial score (nSPS) is 22.2. The Bertz CT molecular complexity index is 981. The second-order valence-corrected chi connectivity index (χ2v) is 9.94. The summed E-state index contributed by atoms with van der Waals surface area (Å²) in [6.45, 7) is 0. The predicted octanol–water partition coefficient (Wildman–Crippen LogP) is 4.43. The quantitative estimate of drug-likeness (QED) is 0.699. The lowest BCUT2D eigenvalue weighted by Crippen LogP contribution is -2.42. The fourth-order valence-electron chi connectivity index (χ4n) is 2.47. The van der Waals surface area contributed by atoms with Gasteiger partial charge in [-0.15, -0.1) is 0 Å². The van der Waals surface area contributed by atoms with Gasteiger partial charge in [0, 0.05) is 28.3 Å². The van der Waals surface area contributed by atoms with E-state index in [0.717, 1.165) is 0 Å². The fourth-order valence-corrected chi connectivity index (χ4v) is 5.29. The Morgan fingerprint density at radius 2 is 1.85 bits per heavy atom. The van der Waals surface area contributed by atoms with Crippen LogP contribution in [0.2, 0.25) is 10.0 Å². The number of aliphatic imine (C=N–C) groups is 1. The highest BCUT2D eigenvalue weighted by atomic mass is 35.7. The Morgan fingerprint density at radius 3 is 2.46 bits per heavy atom. The molecule has 1 N–H and O–H groups in total. The Kier molecular flexibility index (Phi) is 5.50. The monoisotopic (exact) mass is 450 g/mol. The molecule has 2 aromatic carbocycles. The van der Waals surface area contributed by atoms with Gasteiger partial charge in [0.15, 0.2) is 10.9 Å². The van der Waals surface area contributed by atoms with Gasteiger partial charge >= 0.3 is 0 Å². The summed E-state index contributed by atoms with van der Waals surface area (Å²) in [7, 11) is 3.07. The maximum absolute atomic E-state index is 11.7. The molecular weight excluding hydrogens is 439 g/mol. The third-order valence-corrected chi connectivity index (χ3v) is 7.18. The van der Waals surface area contributed by atoms with Crippen LogP contribution in [0.25, 0.3) is 0 Å². The predicted molar refractivity (Wildman–Crippen MR) is 107 cm³/mol. The minimum atomic E-state index is -4.03. The molecule has 1 saturated heterocycles. The molecule has 2 aromatic rings. The Hall–Kier alpha value is -0.960. The van der Waals surface area contributed by atoms with Crippen LogP contribution in [0, 0.1) is 0 Å². The molecule has 10 heteroatoms. The van der Waals surface area contributed by atoms with Crippen molar-refractivity contribution in [3.63, 3.8) is 0 Å². The van der Waals surface area contributed by atoms with Crippen molar-refractivity contribution in [2.24, 2.45) is 4.99 Å². The van der Waals surface area contributed by atoms with E-state index < -0.39 is 14.8 Å². The molecule has 5 nitrogen and oxygen atoms in total. The van der Waals surface area contributed by atoms with Crippen LogP contribution in [0.3, 0.4) is 0 Å². The van der Waals surface area contributed by atoms with Crippen LogP contribution in [0.15, 0.2) is 52.4 Å². The Balaban J connectivity index is 1.98. The first-order chi connectivity index (χ1) is 12.1. The van der Waals surface area contributed by atoms with Crippen molar-refractivity contribution in [1.29, 1.82) is 0 Å². The van der Waals surface area contributed by atoms with Gasteiger partial charge in [0.05, 0.1) is 16.5 Å². The molecule has 1 fully saturated rings. The van der Waals surface area contributed by atoms with Gasteiger partial charge in [0.1, 0.15) is 4.90 Å². The number of halogens is 3. The number of nitrogens with zero attached hydrogens (tertiary/aromatic N) is 2. The zero-order valence-corrected chi connectivity index (χ0v) is 17.3. The van der Waals surface area contributed by atoms with Crippen molar-refractivity contribution in [1.82, 2.24) is 4.90 Å². The van der Waals surface area contributed by atoms with Crippen LogP contribution in [0.1, 0.15) is 5.56 Å². The largest absolute Gasteiger partial charge is 0.366 e. The highest BCUT2D eigenvalue weighted by molar-refractivity contribution is 8.14. The van der Waals surface area contributed by atoms with E-state index in [1.54, 1.807) is 42.3 Å². The molecule has 1 aliphatic heterocycles. The summed E-state index contributed by atoms with van der Waals surface area (Å²) in [6.07, 6.45) is 0. The summed E-state index contributed by atoms with van der Waals surface area (Å²) in [5.74, 6) is 0.263. The lowest BCUT2D eigenvalue weighted by atomic mass is 10.0. The van der Waals surface area contributed by atoms with Crippen molar-refractivity contribution >= 4 is 65.6 Å². The van der Waals surface area contributed by atoms with Crippen LogP contribution in [-0.2, 0) is 14.8 Å². The molecule has 1 heterocycles. The molecule has 0 amide bonds. The number of aliphatic hydroxyl groups is 1. The summed E-state index contributed by atoms with van der Waals surface area (Å²) in [4.78, 5) is 5.85. The van der Waals surface area contributed by atoms with Gasteiger partial charge in [-0.1, -0.05) is 41.0 Å². The maximum atomic E-state index is 11.7. The van der Waals surface area contributed by atoms with E-state index in [0.29, 0.717) is 21.4 Å². The molecule has 1 aliphatic rings. The Morgan fingerprint density at radius 1 is 1.19 bits per heavy atom. The summed E-state index contributed by atoms with van der Waals surface area (Å²) >= 11 is 13.1. The summed E-state index contributed by atoms with van der Waals surface area (Å²) in [6, 6.07) is 11.2. The molecule has 0 aromatic heterocycles. The first-order valence-corrected chi connectivity index (χ1v) is 11.3. The topological polar surface area (TPSA) is 70.0 Å². The van der Waals surface area contributed by atoms with Crippen LogP contribution in [-0.4, -0.2) is 36.4 Å². The first kappa shape index (κ1) is 19.8. The molecule has 26 heavy (non-hydrogen) atoms. The van der Waals surface area contributed by atoms with E-state index in [1.807, 2.05) is 0 Å². The highest BCUT2D eigenvalue weighted by Crippen LogP contribution is 2.40. The van der Waals surface area contributed by atoms with Crippen molar-refractivity contribution in [2.45, 2.75) is 10.6 Å². The van der Waals surface area contributed by atoms with Crippen molar-refractivity contribution in [3.05, 3.63) is 58.1 Å². The molecule has 1 atom stereocenters. The smallest absolute Gasteiger partial charge is 0.262 e. The molecule has 138 valence electrons. The van der Waals surface area contributed by atoms with Crippen molar-refractivity contribution < 1.29 is 13.5 Å². The van der Waals surface area contributed by atoms with E-state index >= 15 is 0 Å². The van der Waals surface area contributed by atoms with E-state index in [4.69, 9.17) is 33.9 Å². The molecule has 1 unspecified atom stereocenters. The molecule has 0 bridgehead atoms. The number of hydrogen-bond donors (Lipinski definition) is 1. The van der Waals surface area contributed by atoms with Crippen LogP contribution in [0.5, 0.6) is 0 Å². The molecular formula is C16H13Cl3N2O3S2. The number of amidine groups is 1. The zero-order chi connectivity index (χ0) is 19.1. The van der Waals surface area contributed by atoms with E-state index in [2.05, 4.69) is 4.99 Å². The Labute approximate surface area is 170 Å². The fraction of sp³-hybridized carbons (Fsp3) is 0.188. The second-order valence-electron chi connectivity index (χ2n) is 5.62. The lowest BCUT2D eigenvalue weighted by Gasteiger charge is -2.31. The van der Waals surface area contributed by atoms with Gasteiger partial charge < -0.3 is 10.0 Å². The van der Waals surface area contributed by atoms with Crippen molar-refractivity contribution in [3.8, 4) is 0 Å². The molecule has 0 aliphatic carbocycles. The average Bonchev–Trinajstić information content (AvgIpc) is 2.86. The average molecular weight is 452 g/mol. The van der Waals surface area contributed by atoms with Crippen LogP contribution in [0.4, 0.5) is 5.69 Å². The summed E-state index contributed by atoms with van der Waals surface area (Å²) in [5.41, 5.74) is -0.401. The van der Waals surface area contributed by atoms with E-state index in [1.165, 1.54) is 23.9 Å². The molecule has 0 radical (unpaired) electrons. The maximum Gasteiger partial charge on any atom is 0.262 e. The molecule has 0 saturated carbocycles. The number of benzene rings is 2. The lowest BCUT2D eigenvalue weighted by molar-refractivity contribution is -0.0349. The minimum absolute atomic E-state index is 0.00397. The summed E-state index contributed by atoms with van der Waals surface area (Å²) in [5, 5.41) is 12.3. The third kappa shape index (κ3) is 3.83. The van der Waals surface area contributed by atoms with Gasteiger partial charge in [0.2, 0.25) is 0 Å². The molecule has 3 rings (SSSR count). The van der Waals surface area contributed by atoms with Gasteiger partial charge in [-0.3, -0.25) is 0 Å². The second kappa shape index (κ2) is 7.22. The van der Waals surface area contributed by atoms with Crippen LogP contribution < -0.4 is 0 Å². The van der Waals surface area contributed by atoms with Gasteiger partial charge in [-0.25, -0.2) is 13.4 Å². The number of hydrogen-bond acceptors (Lipinski definition) is 5. The van der Waals surface area contributed by atoms with Crippen molar-refractivity contribution in [2.75, 3.05) is 12.8 Å². The minimum Gasteiger partial charge on any atom is -0.366 e. The van der Waals surface area contributed by atoms with Gasteiger partial charge in [-0.2, -0.15) is 0 Å². The zero-order valence-electron chi connectivity index (χ0n) is 13.4. The van der Waals surface area contributed by atoms with Gasteiger partial charge in [0.25, 0.3) is 9.05 Å². The standard InChI is InChI=1S/C16H13Cl3N2O3S2/c1-21-15(20-12-5-3-11(17)4-6-12)25-9-16(21,22)10-2-7-13(18)14(8-10)26(19,23)24/h2-8,22H,9H2,1H3. The summed E-state index contributed by atoms with van der Waals surface area (Å²) < 4.78 is 23.4. The number of thioether (sulfide) groups is 1. The highest BCUT2D eigenvalue weighted by Gasteiger charge is 2.43. The van der Waals surface area contributed by atoms with Crippen LogP contribution >= 0.6 is 45.6 Å². The SMILES string of the molecule is CN1C(=Nc2ccc(Cl)cc2)SCC1(O)c1ccc(Cl)c(S(=O)(=O)Cl)c1. The first-order valence-electron chi connectivity index (χ1n) is 7.29. The number of rotatable bonds is 3. The third-order valence-electron chi connectivity index (χ3n) is 3.95. The van der Waals surface area contributed by atoms with E-state index in [-0.39, 0.29) is 15.7 Å². The van der Waals surface area contributed by atoms with Gasteiger partial charge in [-0.05, 0) is 36.4 Å².